The van der Waals surface area contributed by atoms with E-state index in [0.717, 1.165) is 36.3 Å². The van der Waals surface area contributed by atoms with Crippen LogP contribution in [0, 0.1) is 25.2 Å². The van der Waals surface area contributed by atoms with Gasteiger partial charge in [-0.3, -0.25) is 9.59 Å². The van der Waals surface area contributed by atoms with E-state index in [2.05, 4.69) is 5.10 Å². The van der Waals surface area contributed by atoms with E-state index in [-0.39, 0.29) is 17.2 Å². The molecule has 1 spiro atoms. The molecule has 2 heterocycles. The van der Waals surface area contributed by atoms with Crippen LogP contribution in [0.5, 0.6) is 0 Å². The number of amides is 1. The third kappa shape index (κ3) is 2.60. The van der Waals surface area contributed by atoms with E-state index in [1.807, 2.05) is 53.8 Å². The number of rotatable bonds is 3. The number of likely N-dealkylation sites (tertiary alicyclic amines) is 1. The predicted molar refractivity (Wildman–Crippen MR) is 96.4 cm³/mol. The van der Waals surface area contributed by atoms with Gasteiger partial charge in [-0.15, -0.1) is 0 Å². The van der Waals surface area contributed by atoms with Gasteiger partial charge in [-0.1, -0.05) is 18.2 Å². The zero-order valence-corrected chi connectivity index (χ0v) is 15.1. The van der Waals surface area contributed by atoms with Gasteiger partial charge in [-0.05, 0) is 50.7 Å². The van der Waals surface area contributed by atoms with Crippen molar-refractivity contribution in [2.75, 3.05) is 13.1 Å². The van der Waals surface area contributed by atoms with Crippen LogP contribution in [0.1, 0.15) is 41.0 Å². The number of aryl methyl sites for hydroxylation is 1. The summed E-state index contributed by atoms with van der Waals surface area (Å²) in [5.41, 5.74) is 3.10. The Balaban J connectivity index is 1.53. The van der Waals surface area contributed by atoms with Crippen molar-refractivity contribution in [3.8, 4) is 5.69 Å². The molecule has 1 saturated heterocycles. The molecule has 0 bridgehead atoms. The van der Waals surface area contributed by atoms with Gasteiger partial charge in [-0.2, -0.15) is 5.10 Å². The fraction of sp³-hybridized carbons (Fsp3) is 0.450. The molecule has 2 aliphatic rings. The number of carbonyl (C=O) groups is 2. The molecule has 6 nitrogen and oxygen atoms in total. The average molecular weight is 353 g/mol. The summed E-state index contributed by atoms with van der Waals surface area (Å²) in [6, 6.07) is 9.79. The lowest BCUT2D eigenvalue weighted by Gasteiger charge is -2.32. The molecule has 1 saturated carbocycles. The van der Waals surface area contributed by atoms with Gasteiger partial charge in [0.25, 0.3) is 5.91 Å². The summed E-state index contributed by atoms with van der Waals surface area (Å²) in [6.45, 7) is 5.04. The molecule has 1 atom stereocenters. The van der Waals surface area contributed by atoms with Crippen LogP contribution in [0.3, 0.4) is 0 Å². The molecule has 2 aromatic rings. The van der Waals surface area contributed by atoms with Crippen LogP contribution in [-0.4, -0.2) is 44.8 Å². The molecule has 136 valence electrons. The topological polar surface area (TPSA) is 75.4 Å². The monoisotopic (exact) mass is 353 g/mol. The number of aromatic nitrogens is 2. The van der Waals surface area contributed by atoms with Gasteiger partial charge >= 0.3 is 5.97 Å². The number of nitrogens with zero attached hydrogens (tertiary/aromatic N) is 3. The van der Waals surface area contributed by atoms with Crippen molar-refractivity contribution < 1.29 is 14.7 Å². The lowest BCUT2D eigenvalue weighted by molar-refractivity contribution is -0.139. The van der Waals surface area contributed by atoms with Crippen molar-refractivity contribution in [2.45, 2.75) is 33.1 Å². The predicted octanol–water partition coefficient (Wildman–Crippen LogP) is 2.82. The van der Waals surface area contributed by atoms with E-state index < -0.39 is 5.97 Å². The maximum atomic E-state index is 13.1. The van der Waals surface area contributed by atoms with Crippen LogP contribution < -0.4 is 0 Å². The number of hydrogen-bond acceptors (Lipinski definition) is 3. The summed E-state index contributed by atoms with van der Waals surface area (Å²) >= 11 is 0. The lowest BCUT2D eigenvalue weighted by atomic mass is 9.90. The number of carboxylic acid groups (broad SMARTS) is 1. The fourth-order valence-electron chi connectivity index (χ4n) is 4.34. The SMILES string of the molecule is Cc1nn(-c2ccccc2)c(C)c1C(=O)N1CCC2(CC1)CC2C(=O)O. The highest BCUT2D eigenvalue weighted by Gasteiger charge is 2.59. The van der Waals surface area contributed by atoms with Crippen LogP contribution in [-0.2, 0) is 4.79 Å². The third-order valence-electron chi connectivity index (χ3n) is 6.04. The minimum Gasteiger partial charge on any atom is -0.481 e. The molecular weight excluding hydrogens is 330 g/mol. The van der Waals surface area contributed by atoms with E-state index in [9.17, 15) is 14.7 Å². The molecule has 2 fully saturated rings. The number of para-hydroxylation sites is 1. The van der Waals surface area contributed by atoms with Crippen LogP contribution >= 0.6 is 0 Å². The van der Waals surface area contributed by atoms with Crippen LogP contribution in [0.25, 0.3) is 5.69 Å². The number of aliphatic carboxylic acids is 1. The smallest absolute Gasteiger partial charge is 0.307 e. The Kier molecular flexibility index (Phi) is 3.86. The summed E-state index contributed by atoms with van der Waals surface area (Å²) < 4.78 is 1.81. The molecule has 1 N–H and O–H groups in total. The zero-order chi connectivity index (χ0) is 18.5. The van der Waals surface area contributed by atoms with Crippen LogP contribution in [0.4, 0.5) is 0 Å². The van der Waals surface area contributed by atoms with E-state index in [4.69, 9.17) is 0 Å². The van der Waals surface area contributed by atoms with E-state index in [1.54, 1.807) is 0 Å². The van der Waals surface area contributed by atoms with Crippen molar-refractivity contribution in [1.29, 1.82) is 0 Å². The Morgan fingerprint density at radius 1 is 1.15 bits per heavy atom. The van der Waals surface area contributed by atoms with E-state index >= 15 is 0 Å². The first-order chi connectivity index (χ1) is 12.4. The summed E-state index contributed by atoms with van der Waals surface area (Å²) in [7, 11) is 0. The van der Waals surface area contributed by atoms with Crippen molar-refractivity contribution in [3.05, 3.63) is 47.3 Å². The van der Waals surface area contributed by atoms with Gasteiger partial charge in [-0.25, -0.2) is 4.68 Å². The quantitative estimate of drug-likeness (QED) is 0.921. The minimum atomic E-state index is -0.694. The molecule has 1 amide bonds. The van der Waals surface area contributed by atoms with Gasteiger partial charge in [0.05, 0.1) is 28.6 Å². The number of piperidine rings is 1. The van der Waals surface area contributed by atoms with Crippen molar-refractivity contribution in [3.63, 3.8) is 0 Å². The maximum absolute atomic E-state index is 13.1. The lowest BCUT2D eigenvalue weighted by Crippen LogP contribution is -2.40. The van der Waals surface area contributed by atoms with Crippen molar-refractivity contribution in [1.82, 2.24) is 14.7 Å². The third-order valence-corrected chi connectivity index (χ3v) is 6.04. The first-order valence-electron chi connectivity index (χ1n) is 9.07. The largest absolute Gasteiger partial charge is 0.481 e. The van der Waals surface area contributed by atoms with Gasteiger partial charge < -0.3 is 10.0 Å². The molecule has 1 aromatic heterocycles. The molecule has 1 aromatic carbocycles. The number of carbonyl (C=O) groups excluding carboxylic acids is 1. The summed E-state index contributed by atoms with van der Waals surface area (Å²) in [5.74, 6) is -0.908. The van der Waals surface area contributed by atoms with Crippen molar-refractivity contribution in [2.24, 2.45) is 11.3 Å². The Morgan fingerprint density at radius 2 is 1.81 bits per heavy atom. The summed E-state index contributed by atoms with van der Waals surface area (Å²) in [4.78, 5) is 26.2. The molecule has 1 aliphatic heterocycles. The Labute approximate surface area is 152 Å². The molecular formula is C20H23N3O3. The summed E-state index contributed by atoms with van der Waals surface area (Å²) in [5, 5.41) is 13.8. The Morgan fingerprint density at radius 3 is 2.38 bits per heavy atom. The van der Waals surface area contributed by atoms with Gasteiger partial charge in [0, 0.05) is 13.1 Å². The zero-order valence-electron chi connectivity index (χ0n) is 15.1. The average Bonchev–Trinajstić information content (AvgIpc) is 3.26. The molecule has 4 rings (SSSR count). The van der Waals surface area contributed by atoms with Crippen molar-refractivity contribution >= 4 is 11.9 Å². The van der Waals surface area contributed by atoms with Crippen LogP contribution in [0.15, 0.2) is 30.3 Å². The molecule has 1 aliphatic carbocycles. The second kappa shape index (κ2) is 5.97. The first kappa shape index (κ1) is 16.8. The fourth-order valence-corrected chi connectivity index (χ4v) is 4.34. The summed E-state index contributed by atoms with van der Waals surface area (Å²) in [6.07, 6.45) is 2.32. The normalized spacial score (nSPS) is 21.0. The molecule has 6 heteroatoms. The molecule has 0 radical (unpaired) electrons. The molecule has 26 heavy (non-hydrogen) atoms. The van der Waals surface area contributed by atoms with Gasteiger partial charge in [0.1, 0.15) is 0 Å². The van der Waals surface area contributed by atoms with E-state index in [1.165, 1.54) is 0 Å². The Bertz CT molecular complexity index is 864. The standard InChI is InChI=1S/C20H23N3O3/c1-13-17(14(2)23(21-13)15-6-4-3-5-7-15)18(24)22-10-8-20(9-11-22)12-16(20)19(25)26/h3-7,16H,8-12H2,1-2H3,(H,25,26). The number of carboxylic acids is 1. The van der Waals surface area contributed by atoms with Gasteiger partial charge in [0.2, 0.25) is 0 Å². The maximum Gasteiger partial charge on any atom is 0.307 e. The highest BCUT2D eigenvalue weighted by molar-refractivity contribution is 5.96. The Hall–Kier alpha value is -2.63. The second-order valence-electron chi connectivity index (χ2n) is 7.54. The van der Waals surface area contributed by atoms with Crippen LogP contribution in [0.2, 0.25) is 0 Å². The van der Waals surface area contributed by atoms with E-state index in [0.29, 0.717) is 18.7 Å². The highest BCUT2D eigenvalue weighted by atomic mass is 16.4. The number of hydrogen-bond donors (Lipinski definition) is 1. The minimum absolute atomic E-state index is 0.00422. The molecule has 1 unspecified atom stereocenters. The highest BCUT2D eigenvalue weighted by Crippen LogP contribution is 2.59. The second-order valence-corrected chi connectivity index (χ2v) is 7.54. The first-order valence-corrected chi connectivity index (χ1v) is 9.07. The number of benzene rings is 1. The van der Waals surface area contributed by atoms with Gasteiger partial charge in [0.15, 0.2) is 0 Å².